The number of aryl methyl sites for hydroxylation is 2. The molecule has 0 aliphatic heterocycles. The molecule has 96 valence electrons. The lowest BCUT2D eigenvalue weighted by Crippen LogP contribution is -2.10. The lowest BCUT2D eigenvalue weighted by molar-refractivity contribution is 0.590. The molecule has 2 N–H and O–H groups in total. The van der Waals surface area contributed by atoms with Crippen LogP contribution >= 0.6 is 11.3 Å². The molecule has 0 spiro atoms. The fourth-order valence-corrected chi connectivity index (χ4v) is 2.56. The van der Waals surface area contributed by atoms with Gasteiger partial charge in [-0.05, 0) is 29.4 Å². The van der Waals surface area contributed by atoms with E-state index in [-0.39, 0.29) is 5.41 Å². The molecule has 0 aliphatic rings. The van der Waals surface area contributed by atoms with Gasteiger partial charge in [-0.15, -0.1) is 11.3 Å². The van der Waals surface area contributed by atoms with E-state index in [0.29, 0.717) is 5.13 Å². The zero-order valence-corrected chi connectivity index (χ0v) is 12.1. The summed E-state index contributed by atoms with van der Waals surface area (Å²) in [6.45, 7) is 6.71. The van der Waals surface area contributed by atoms with Gasteiger partial charge in [-0.3, -0.25) is 0 Å². The molecular weight excluding hydrogens is 240 g/mol. The molecule has 2 rings (SSSR count). The summed E-state index contributed by atoms with van der Waals surface area (Å²) in [7, 11) is 0. The summed E-state index contributed by atoms with van der Waals surface area (Å²) in [5.41, 5.74) is 8.60. The third-order valence-electron chi connectivity index (χ3n) is 3.05. The normalized spacial score (nSPS) is 11.7. The van der Waals surface area contributed by atoms with Gasteiger partial charge in [0.1, 0.15) is 0 Å². The number of nitrogens with two attached hydrogens (primary N) is 1. The van der Waals surface area contributed by atoms with Crippen LogP contribution in [0.5, 0.6) is 0 Å². The van der Waals surface area contributed by atoms with Gasteiger partial charge in [-0.2, -0.15) is 0 Å². The van der Waals surface area contributed by atoms with Crippen molar-refractivity contribution in [3.8, 4) is 0 Å². The first-order valence-corrected chi connectivity index (χ1v) is 7.06. The van der Waals surface area contributed by atoms with E-state index >= 15 is 0 Å². The lowest BCUT2D eigenvalue weighted by atomic mass is 9.86. The molecule has 0 bridgehead atoms. The number of aromatic nitrogens is 1. The molecule has 2 nitrogen and oxygen atoms in total. The average molecular weight is 260 g/mol. The van der Waals surface area contributed by atoms with Crippen molar-refractivity contribution in [1.82, 2.24) is 4.98 Å². The number of hydrogen-bond donors (Lipinski definition) is 1. The Morgan fingerprint density at radius 1 is 1.11 bits per heavy atom. The van der Waals surface area contributed by atoms with Crippen LogP contribution in [0.25, 0.3) is 0 Å². The Labute approximate surface area is 113 Å². The summed E-state index contributed by atoms with van der Waals surface area (Å²) in [5.74, 6) is 0. The summed E-state index contributed by atoms with van der Waals surface area (Å²) in [4.78, 5) is 5.33. The number of hydrogen-bond acceptors (Lipinski definition) is 3. The smallest absolute Gasteiger partial charge is 0.180 e. The second-order valence-electron chi connectivity index (χ2n) is 5.61. The molecule has 1 aromatic heterocycles. The fraction of sp³-hybridized carbons (Fsp3) is 0.400. The third kappa shape index (κ3) is 3.33. The predicted molar refractivity (Wildman–Crippen MR) is 79.1 cm³/mol. The summed E-state index contributed by atoms with van der Waals surface area (Å²) < 4.78 is 0. The second kappa shape index (κ2) is 5.11. The van der Waals surface area contributed by atoms with Crippen molar-refractivity contribution >= 4 is 16.5 Å². The minimum atomic E-state index is 0.227. The van der Waals surface area contributed by atoms with Crippen molar-refractivity contribution in [3.05, 3.63) is 46.5 Å². The number of thiazole rings is 1. The van der Waals surface area contributed by atoms with Crippen LogP contribution < -0.4 is 5.73 Å². The highest BCUT2D eigenvalue weighted by atomic mass is 32.1. The predicted octanol–water partition coefficient (Wildman–Crippen LogP) is 3.81. The van der Waals surface area contributed by atoms with Gasteiger partial charge in [-0.25, -0.2) is 4.98 Å². The SMILES string of the molecule is CC(C)(C)c1ccc(CCc2cnc(N)s2)cc1. The molecule has 0 amide bonds. The van der Waals surface area contributed by atoms with E-state index in [1.54, 1.807) is 11.3 Å². The number of anilines is 1. The number of nitrogen functional groups attached to an aromatic ring is 1. The number of rotatable bonds is 3. The summed E-state index contributed by atoms with van der Waals surface area (Å²) in [5, 5.41) is 0.660. The molecule has 0 unspecified atom stereocenters. The quantitative estimate of drug-likeness (QED) is 0.911. The van der Waals surface area contributed by atoms with Gasteiger partial charge in [0, 0.05) is 11.1 Å². The van der Waals surface area contributed by atoms with E-state index in [0.717, 1.165) is 12.8 Å². The van der Waals surface area contributed by atoms with E-state index in [1.807, 2.05) is 6.20 Å². The molecule has 3 heteroatoms. The van der Waals surface area contributed by atoms with Crippen molar-refractivity contribution < 1.29 is 0 Å². The zero-order valence-electron chi connectivity index (χ0n) is 11.2. The molecule has 2 aromatic rings. The van der Waals surface area contributed by atoms with E-state index in [2.05, 4.69) is 50.0 Å². The maximum absolute atomic E-state index is 5.62. The summed E-state index contributed by atoms with van der Waals surface area (Å²) in [6, 6.07) is 8.92. The molecule has 0 radical (unpaired) electrons. The van der Waals surface area contributed by atoms with Crippen molar-refractivity contribution in [3.63, 3.8) is 0 Å². The molecule has 0 saturated heterocycles. The monoisotopic (exact) mass is 260 g/mol. The van der Waals surface area contributed by atoms with Gasteiger partial charge in [-0.1, -0.05) is 45.0 Å². The molecule has 0 atom stereocenters. The maximum Gasteiger partial charge on any atom is 0.180 e. The van der Waals surface area contributed by atoms with Crippen LogP contribution in [0, 0.1) is 0 Å². The minimum absolute atomic E-state index is 0.227. The Morgan fingerprint density at radius 3 is 2.28 bits per heavy atom. The van der Waals surface area contributed by atoms with Crippen LogP contribution in [-0.2, 0) is 18.3 Å². The maximum atomic E-state index is 5.62. The Bertz CT molecular complexity index is 506. The van der Waals surface area contributed by atoms with Gasteiger partial charge >= 0.3 is 0 Å². The number of benzene rings is 1. The van der Waals surface area contributed by atoms with Crippen LogP contribution in [0.4, 0.5) is 5.13 Å². The van der Waals surface area contributed by atoms with Gasteiger partial charge < -0.3 is 5.73 Å². The van der Waals surface area contributed by atoms with Crippen molar-refractivity contribution in [1.29, 1.82) is 0 Å². The highest BCUT2D eigenvalue weighted by Gasteiger charge is 2.12. The van der Waals surface area contributed by atoms with E-state index in [4.69, 9.17) is 5.73 Å². The van der Waals surface area contributed by atoms with Crippen LogP contribution in [0.15, 0.2) is 30.5 Å². The standard InChI is InChI=1S/C15H20N2S/c1-15(2,3)12-7-4-11(5-8-12)6-9-13-10-17-14(16)18-13/h4-5,7-8,10H,6,9H2,1-3H3,(H2,16,17). The average Bonchev–Trinajstić information content (AvgIpc) is 2.72. The molecular formula is C15H20N2S. The van der Waals surface area contributed by atoms with Crippen LogP contribution in [0.2, 0.25) is 0 Å². The number of nitrogens with zero attached hydrogens (tertiary/aromatic N) is 1. The van der Waals surface area contributed by atoms with Crippen molar-refractivity contribution in [2.45, 2.75) is 39.0 Å². The van der Waals surface area contributed by atoms with Crippen LogP contribution in [-0.4, -0.2) is 4.98 Å². The first-order chi connectivity index (χ1) is 8.45. The lowest BCUT2D eigenvalue weighted by Gasteiger charge is -2.19. The second-order valence-corrected chi connectivity index (χ2v) is 6.76. The molecule has 1 aromatic carbocycles. The first kappa shape index (κ1) is 13.1. The van der Waals surface area contributed by atoms with Gasteiger partial charge in [0.05, 0.1) is 0 Å². The third-order valence-corrected chi connectivity index (χ3v) is 3.94. The highest BCUT2D eigenvalue weighted by molar-refractivity contribution is 7.15. The van der Waals surface area contributed by atoms with E-state index in [9.17, 15) is 0 Å². The Balaban J connectivity index is 1.98. The Hall–Kier alpha value is -1.35. The summed E-state index contributed by atoms with van der Waals surface area (Å²) >= 11 is 1.58. The van der Waals surface area contributed by atoms with Gasteiger partial charge in [0.2, 0.25) is 0 Å². The highest BCUT2D eigenvalue weighted by Crippen LogP contribution is 2.23. The molecule has 0 saturated carbocycles. The fourth-order valence-electron chi connectivity index (χ4n) is 1.88. The molecule has 1 heterocycles. The van der Waals surface area contributed by atoms with Gasteiger partial charge in [0.15, 0.2) is 5.13 Å². The molecule has 0 aliphatic carbocycles. The Kier molecular flexibility index (Phi) is 3.71. The first-order valence-electron chi connectivity index (χ1n) is 6.25. The van der Waals surface area contributed by atoms with E-state index in [1.165, 1.54) is 16.0 Å². The zero-order chi connectivity index (χ0) is 13.2. The summed E-state index contributed by atoms with van der Waals surface area (Å²) in [6.07, 6.45) is 3.94. The molecule has 18 heavy (non-hydrogen) atoms. The minimum Gasteiger partial charge on any atom is -0.375 e. The van der Waals surface area contributed by atoms with Crippen molar-refractivity contribution in [2.24, 2.45) is 0 Å². The van der Waals surface area contributed by atoms with Gasteiger partial charge in [0.25, 0.3) is 0 Å². The van der Waals surface area contributed by atoms with Crippen LogP contribution in [0.3, 0.4) is 0 Å². The van der Waals surface area contributed by atoms with Crippen LogP contribution in [0.1, 0.15) is 36.8 Å². The molecule has 0 fully saturated rings. The largest absolute Gasteiger partial charge is 0.375 e. The van der Waals surface area contributed by atoms with E-state index < -0.39 is 0 Å². The topological polar surface area (TPSA) is 38.9 Å². The van der Waals surface area contributed by atoms with Crippen molar-refractivity contribution in [2.75, 3.05) is 5.73 Å². The Morgan fingerprint density at radius 2 is 1.78 bits per heavy atom.